The first-order valence-corrected chi connectivity index (χ1v) is 9.08. The van der Waals surface area contributed by atoms with E-state index >= 15 is 0 Å². The van der Waals surface area contributed by atoms with Gasteiger partial charge in [-0.25, -0.2) is 0 Å². The Balaban J connectivity index is 1.37. The Morgan fingerprint density at radius 1 is 1.04 bits per heavy atom. The van der Waals surface area contributed by atoms with Crippen LogP contribution in [-0.2, 0) is 17.8 Å². The number of amides is 1. The standard InChI is InChI=1S/C21H26N2O3/c1-23(15-18-9-10-19-20(14-18)26-13-12-25-19)16-21(24)22-11-5-8-17-6-3-2-4-7-17/h2-4,6-7,9-10,14H,5,8,11-13,15-16H2,1H3,(H,22,24). The van der Waals surface area contributed by atoms with Gasteiger partial charge in [0.25, 0.3) is 0 Å². The van der Waals surface area contributed by atoms with Crippen LogP contribution >= 0.6 is 0 Å². The molecule has 0 aromatic heterocycles. The molecule has 5 heteroatoms. The first-order chi connectivity index (χ1) is 12.7. The largest absolute Gasteiger partial charge is 0.486 e. The van der Waals surface area contributed by atoms with Gasteiger partial charge in [0.2, 0.25) is 5.91 Å². The van der Waals surface area contributed by atoms with E-state index in [2.05, 4.69) is 17.4 Å². The Labute approximate surface area is 154 Å². The molecule has 0 atom stereocenters. The molecule has 1 heterocycles. The molecule has 2 aromatic rings. The van der Waals surface area contributed by atoms with Crippen molar-refractivity contribution in [3.8, 4) is 11.5 Å². The first kappa shape index (κ1) is 18.3. The summed E-state index contributed by atoms with van der Waals surface area (Å²) in [4.78, 5) is 14.1. The molecule has 0 aliphatic carbocycles. The second-order valence-corrected chi connectivity index (χ2v) is 6.59. The van der Waals surface area contributed by atoms with Crippen molar-refractivity contribution in [2.45, 2.75) is 19.4 Å². The fourth-order valence-corrected chi connectivity index (χ4v) is 3.02. The summed E-state index contributed by atoms with van der Waals surface area (Å²) in [7, 11) is 1.94. The summed E-state index contributed by atoms with van der Waals surface area (Å²) in [6.07, 6.45) is 1.93. The van der Waals surface area contributed by atoms with Crippen molar-refractivity contribution >= 4 is 5.91 Å². The smallest absolute Gasteiger partial charge is 0.234 e. The third-order valence-corrected chi connectivity index (χ3v) is 4.28. The van der Waals surface area contributed by atoms with Crippen LogP contribution in [0.25, 0.3) is 0 Å². The lowest BCUT2D eigenvalue weighted by Crippen LogP contribution is -2.35. The number of nitrogens with one attached hydrogen (secondary N) is 1. The number of aryl methyl sites for hydroxylation is 1. The van der Waals surface area contributed by atoms with Gasteiger partial charge in [0.15, 0.2) is 11.5 Å². The van der Waals surface area contributed by atoms with Gasteiger partial charge in [-0.3, -0.25) is 9.69 Å². The van der Waals surface area contributed by atoms with Crippen LogP contribution in [0.15, 0.2) is 48.5 Å². The maximum absolute atomic E-state index is 12.1. The van der Waals surface area contributed by atoms with E-state index in [4.69, 9.17) is 9.47 Å². The van der Waals surface area contributed by atoms with Crippen LogP contribution in [0.2, 0.25) is 0 Å². The molecule has 0 saturated carbocycles. The molecule has 0 saturated heterocycles. The van der Waals surface area contributed by atoms with Crippen LogP contribution in [0.4, 0.5) is 0 Å². The van der Waals surface area contributed by atoms with E-state index in [1.807, 2.05) is 48.3 Å². The van der Waals surface area contributed by atoms with E-state index in [-0.39, 0.29) is 5.91 Å². The number of likely N-dealkylation sites (N-methyl/N-ethyl adjacent to an activating group) is 1. The molecule has 5 nitrogen and oxygen atoms in total. The molecular formula is C21H26N2O3. The van der Waals surface area contributed by atoms with Gasteiger partial charge in [-0.05, 0) is 43.1 Å². The summed E-state index contributed by atoms with van der Waals surface area (Å²) in [6.45, 7) is 2.94. The average molecular weight is 354 g/mol. The molecule has 0 fully saturated rings. The molecular weight excluding hydrogens is 328 g/mol. The molecule has 1 amide bonds. The van der Waals surface area contributed by atoms with Gasteiger partial charge in [0.05, 0.1) is 6.54 Å². The summed E-state index contributed by atoms with van der Waals surface area (Å²) in [5.41, 5.74) is 2.41. The number of rotatable bonds is 8. The van der Waals surface area contributed by atoms with Crippen molar-refractivity contribution in [3.63, 3.8) is 0 Å². The molecule has 1 N–H and O–H groups in total. The van der Waals surface area contributed by atoms with Crippen LogP contribution < -0.4 is 14.8 Å². The molecule has 138 valence electrons. The minimum atomic E-state index is 0.0538. The SMILES string of the molecule is CN(CC(=O)NCCCc1ccccc1)Cc1ccc2c(c1)OCCO2. The molecule has 0 bridgehead atoms. The molecule has 1 aliphatic heterocycles. The van der Waals surface area contributed by atoms with Gasteiger partial charge < -0.3 is 14.8 Å². The fourth-order valence-electron chi connectivity index (χ4n) is 3.02. The molecule has 2 aromatic carbocycles. The quantitative estimate of drug-likeness (QED) is 0.741. The molecule has 26 heavy (non-hydrogen) atoms. The molecule has 0 radical (unpaired) electrons. The van der Waals surface area contributed by atoms with Crippen LogP contribution in [-0.4, -0.2) is 44.2 Å². The second kappa shape index (κ2) is 9.25. The summed E-state index contributed by atoms with van der Waals surface area (Å²) in [6, 6.07) is 16.3. The average Bonchev–Trinajstić information content (AvgIpc) is 2.66. The topological polar surface area (TPSA) is 50.8 Å². The minimum Gasteiger partial charge on any atom is -0.486 e. The van der Waals surface area contributed by atoms with E-state index in [1.165, 1.54) is 5.56 Å². The third-order valence-electron chi connectivity index (χ3n) is 4.28. The van der Waals surface area contributed by atoms with E-state index in [9.17, 15) is 4.79 Å². The van der Waals surface area contributed by atoms with Crippen molar-refractivity contribution in [2.24, 2.45) is 0 Å². The van der Waals surface area contributed by atoms with Gasteiger partial charge in [-0.15, -0.1) is 0 Å². The van der Waals surface area contributed by atoms with E-state index in [1.54, 1.807) is 0 Å². The van der Waals surface area contributed by atoms with Crippen molar-refractivity contribution in [1.82, 2.24) is 10.2 Å². The summed E-state index contributed by atoms with van der Waals surface area (Å²) in [5, 5.41) is 2.99. The lowest BCUT2D eigenvalue weighted by Gasteiger charge is -2.21. The summed E-state index contributed by atoms with van der Waals surface area (Å²) in [5.74, 6) is 1.63. The normalized spacial score (nSPS) is 12.8. The number of hydrogen-bond acceptors (Lipinski definition) is 4. The van der Waals surface area contributed by atoms with Gasteiger partial charge in [-0.2, -0.15) is 0 Å². The zero-order valence-corrected chi connectivity index (χ0v) is 15.2. The Kier molecular flexibility index (Phi) is 6.50. The highest BCUT2D eigenvalue weighted by Crippen LogP contribution is 2.30. The third kappa shape index (κ3) is 5.49. The maximum Gasteiger partial charge on any atom is 0.234 e. The zero-order valence-electron chi connectivity index (χ0n) is 15.2. The highest BCUT2D eigenvalue weighted by atomic mass is 16.6. The zero-order chi connectivity index (χ0) is 18.2. The van der Waals surface area contributed by atoms with Gasteiger partial charge in [0, 0.05) is 13.1 Å². The number of fused-ring (bicyclic) bond motifs is 1. The van der Waals surface area contributed by atoms with Crippen LogP contribution in [0, 0.1) is 0 Å². The van der Waals surface area contributed by atoms with Gasteiger partial charge in [0.1, 0.15) is 13.2 Å². The number of carbonyl (C=O) groups excluding carboxylic acids is 1. The monoisotopic (exact) mass is 354 g/mol. The summed E-state index contributed by atoms with van der Waals surface area (Å²) >= 11 is 0. The Hall–Kier alpha value is -2.53. The molecule has 0 spiro atoms. The number of benzene rings is 2. The molecule has 0 unspecified atom stereocenters. The van der Waals surface area contributed by atoms with Gasteiger partial charge in [-0.1, -0.05) is 36.4 Å². The van der Waals surface area contributed by atoms with E-state index in [0.29, 0.717) is 32.8 Å². The van der Waals surface area contributed by atoms with Crippen molar-refractivity contribution < 1.29 is 14.3 Å². The highest BCUT2D eigenvalue weighted by Gasteiger charge is 2.13. The fraction of sp³-hybridized carbons (Fsp3) is 0.381. The maximum atomic E-state index is 12.1. The number of nitrogens with zero attached hydrogens (tertiary/aromatic N) is 1. The van der Waals surface area contributed by atoms with Crippen LogP contribution in [0.3, 0.4) is 0 Å². The van der Waals surface area contributed by atoms with Crippen molar-refractivity contribution in [1.29, 1.82) is 0 Å². The lowest BCUT2D eigenvalue weighted by atomic mass is 10.1. The van der Waals surface area contributed by atoms with Crippen LogP contribution in [0.5, 0.6) is 11.5 Å². The predicted octanol–water partition coefficient (Wildman–Crippen LogP) is 2.64. The second-order valence-electron chi connectivity index (χ2n) is 6.59. The van der Waals surface area contributed by atoms with E-state index < -0.39 is 0 Å². The summed E-state index contributed by atoms with van der Waals surface area (Å²) < 4.78 is 11.1. The van der Waals surface area contributed by atoms with Crippen molar-refractivity contribution in [2.75, 3.05) is 33.4 Å². The van der Waals surface area contributed by atoms with Crippen LogP contribution in [0.1, 0.15) is 17.5 Å². The molecule has 3 rings (SSSR count). The Morgan fingerprint density at radius 3 is 2.62 bits per heavy atom. The minimum absolute atomic E-state index is 0.0538. The Morgan fingerprint density at radius 2 is 1.81 bits per heavy atom. The van der Waals surface area contributed by atoms with Crippen molar-refractivity contribution in [3.05, 3.63) is 59.7 Å². The number of hydrogen-bond donors (Lipinski definition) is 1. The number of ether oxygens (including phenoxy) is 2. The van der Waals surface area contributed by atoms with E-state index in [0.717, 1.165) is 29.9 Å². The van der Waals surface area contributed by atoms with Gasteiger partial charge >= 0.3 is 0 Å². The first-order valence-electron chi connectivity index (χ1n) is 9.08. The number of carbonyl (C=O) groups is 1. The molecule has 1 aliphatic rings. The highest BCUT2D eigenvalue weighted by molar-refractivity contribution is 5.77. The lowest BCUT2D eigenvalue weighted by molar-refractivity contribution is -0.122. The predicted molar refractivity (Wildman–Crippen MR) is 102 cm³/mol. The Bertz CT molecular complexity index is 718.